The van der Waals surface area contributed by atoms with Gasteiger partial charge in [0, 0.05) is 5.92 Å². The first-order valence-corrected chi connectivity index (χ1v) is 6.69. The minimum Gasteiger partial charge on any atom is -0.385 e. The number of ether oxygens (including phenoxy) is 1. The Balaban J connectivity index is 2.14. The van der Waals surface area contributed by atoms with Crippen LogP contribution >= 0.6 is 0 Å². The molecule has 94 valence electrons. The van der Waals surface area contributed by atoms with Gasteiger partial charge in [0.25, 0.3) is 0 Å². The summed E-state index contributed by atoms with van der Waals surface area (Å²) >= 11 is 0. The molecule has 4 atom stereocenters. The van der Waals surface area contributed by atoms with Gasteiger partial charge in [-0.25, -0.2) is 0 Å². The van der Waals surface area contributed by atoms with E-state index in [1.165, 1.54) is 11.1 Å². The molecule has 0 aromatic carbocycles. The van der Waals surface area contributed by atoms with Gasteiger partial charge in [-0.1, -0.05) is 31.6 Å². The lowest BCUT2D eigenvalue weighted by atomic mass is 9.74. The summed E-state index contributed by atoms with van der Waals surface area (Å²) in [5.41, 5.74) is 1.95. The summed E-state index contributed by atoms with van der Waals surface area (Å²) < 4.78 is 6.31. The maximum Gasteiger partial charge on any atom is 0.119 e. The van der Waals surface area contributed by atoms with Crippen LogP contribution in [0.25, 0.3) is 0 Å². The van der Waals surface area contributed by atoms with Gasteiger partial charge in [0.15, 0.2) is 0 Å². The quantitative estimate of drug-likeness (QED) is 0.707. The highest BCUT2D eigenvalue weighted by molar-refractivity contribution is 5.41. The van der Waals surface area contributed by atoms with Crippen molar-refractivity contribution in [3.05, 3.63) is 23.3 Å². The fourth-order valence-corrected chi connectivity index (χ4v) is 3.93. The summed E-state index contributed by atoms with van der Waals surface area (Å²) in [6.07, 6.45) is 6.07. The third-order valence-corrected chi connectivity index (χ3v) is 5.06. The van der Waals surface area contributed by atoms with Crippen molar-refractivity contribution in [3.8, 4) is 0 Å². The molecule has 1 aliphatic carbocycles. The average molecular weight is 234 g/mol. The molecule has 3 rings (SSSR count). The molecule has 2 bridgehead atoms. The Morgan fingerprint density at radius 3 is 2.76 bits per heavy atom. The zero-order valence-corrected chi connectivity index (χ0v) is 11.2. The van der Waals surface area contributed by atoms with Crippen LogP contribution in [0.15, 0.2) is 23.3 Å². The van der Waals surface area contributed by atoms with Crippen molar-refractivity contribution in [2.75, 3.05) is 0 Å². The standard InChI is InChI=1S/C15H22O2/c1-9(2)15-8-7-14(4,17-15)11-6-5-10(3)12(11)13(15)16/h7-9,11,13,16H,5-6H2,1-4H3/t11-,13-,14-,15-/m0/s1. The van der Waals surface area contributed by atoms with Crippen molar-refractivity contribution in [2.24, 2.45) is 11.8 Å². The maximum atomic E-state index is 10.7. The van der Waals surface area contributed by atoms with E-state index in [0.717, 1.165) is 12.8 Å². The van der Waals surface area contributed by atoms with E-state index in [0.29, 0.717) is 5.92 Å². The van der Waals surface area contributed by atoms with Gasteiger partial charge in [-0.15, -0.1) is 0 Å². The lowest BCUT2D eigenvalue weighted by Crippen LogP contribution is -2.57. The topological polar surface area (TPSA) is 29.5 Å². The molecule has 17 heavy (non-hydrogen) atoms. The van der Waals surface area contributed by atoms with Gasteiger partial charge in [0.1, 0.15) is 11.7 Å². The fraction of sp³-hybridized carbons (Fsp3) is 0.733. The molecule has 0 radical (unpaired) electrons. The minimum atomic E-state index is -0.494. The number of rotatable bonds is 1. The van der Waals surface area contributed by atoms with Crippen molar-refractivity contribution in [1.82, 2.24) is 0 Å². The van der Waals surface area contributed by atoms with Crippen molar-refractivity contribution < 1.29 is 9.84 Å². The van der Waals surface area contributed by atoms with Crippen LogP contribution in [0.4, 0.5) is 0 Å². The van der Waals surface area contributed by atoms with Crippen molar-refractivity contribution in [2.45, 2.75) is 57.8 Å². The summed E-state index contributed by atoms with van der Waals surface area (Å²) in [4.78, 5) is 0. The molecule has 0 aromatic heterocycles. The normalized spacial score (nSPS) is 48.1. The highest BCUT2D eigenvalue weighted by Crippen LogP contribution is 2.56. The summed E-state index contributed by atoms with van der Waals surface area (Å²) in [5, 5.41) is 10.7. The molecule has 2 heterocycles. The molecule has 0 unspecified atom stereocenters. The van der Waals surface area contributed by atoms with Crippen LogP contribution in [0.2, 0.25) is 0 Å². The highest BCUT2D eigenvalue weighted by Gasteiger charge is 2.60. The van der Waals surface area contributed by atoms with Crippen LogP contribution in [0.3, 0.4) is 0 Å². The molecular weight excluding hydrogens is 212 g/mol. The third kappa shape index (κ3) is 1.23. The zero-order valence-electron chi connectivity index (χ0n) is 11.2. The summed E-state index contributed by atoms with van der Waals surface area (Å²) in [5.74, 6) is 0.667. The minimum absolute atomic E-state index is 0.198. The molecule has 0 aromatic rings. The Kier molecular flexibility index (Phi) is 2.19. The van der Waals surface area contributed by atoms with Crippen LogP contribution in [-0.4, -0.2) is 22.4 Å². The lowest BCUT2D eigenvalue weighted by Gasteiger charge is -2.49. The van der Waals surface area contributed by atoms with E-state index >= 15 is 0 Å². The van der Waals surface area contributed by atoms with Crippen LogP contribution in [0.5, 0.6) is 0 Å². The summed E-state index contributed by atoms with van der Waals surface area (Å²) in [6, 6.07) is 0. The second-order valence-corrected chi connectivity index (χ2v) is 6.36. The van der Waals surface area contributed by atoms with Crippen LogP contribution < -0.4 is 0 Å². The van der Waals surface area contributed by atoms with Crippen molar-refractivity contribution in [1.29, 1.82) is 0 Å². The number of hydrogen-bond acceptors (Lipinski definition) is 2. The second kappa shape index (κ2) is 3.24. The van der Waals surface area contributed by atoms with E-state index in [4.69, 9.17) is 4.74 Å². The summed E-state index contributed by atoms with van der Waals surface area (Å²) in [6.45, 7) is 8.60. The first-order chi connectivity index (χ1) is 7.91. The van der Waals surface area contributed by atoms with Gasteiger partial charge in [-0.05, 0) is 38.2 Å². The molecule has 1 N–H and O–H groups in total. The number of hydrogen-bond donors (Lipinski definition) is 1. The number of fused-ring (bicyclic) bond motifs is 4. The van der Waals surface area contributed by atoms with Crippen molar-refractivity contribution >= 4 is 0 Å². The van der Waals surface area contributed by atoms with Gasteiger partial charge >= 0.3 is 0 Å². The van der Waals surface area contributed by atoms with Gasteiger partial charge < -0.3 is 9.84 Å². The number of allylic oxidation sites excluding steroid dienone is 1. The Bertz CT molecular complexity index is 421. The highest BCUT2D eigenvalue weighted by atomic mass is 16.5. The zero-order chi connectivity index (χ0) is 12.4. The second-order valence-electron chi connectivity index (χ2n) is 6.36. The fourth-order valence-electron chi connectivity index (χ4n) is 3.93. The Morgan fingerprint density at radius 2 is 2.12 bits per heavy atom. The van der Waals surface area contributed by atoms with Crippen LogP contribution in [0, 0.1) is 11.8 Å². The van der Waals surface area contributed by atoms with Gasteiger partial charge in [0.2, 0.25) is 0 Å². The van der Waals surface area contributed by atoms with E-state index in [1.54, 1.807) is 0 Å². The van der Waals surface area contributed by atoms with Gasteiger partial charge in [-0.3, -0.25) is 0 Å². The van der Waals surface area contributed by atoms with Crippen LogP contribution in [-0.2, 0) is 4.74 Å². The third-order valence-electron chi connectivity index (χ3n) is 5.06. The van der Waals surface area contributed by atoms with E-state index in [2.05, 4.69) is 39.8 Å². The molecule has 3 aliphatic rings. The average Bonchev–Trinajstić information content (AvgIpc) is 2.78. The molecule has 2 heteroatoms. The molecule has 1 saturated heterocycles. The van der Waals surface area contributed by atoms with E-state index in [9.17, 15) is 5.11 Å². The monoisotopic (exact) mass is 234 g/mol. The lowest BCUT2D eigenvalue weighted by molar-refractivity contribution is -0.189. The molecule has 0 saturated carbocycles. The Labute approximate surface area is 103 Å². The van der Waals surface area contributed by atoms with E-state index in [-0.39, 0.29) is 11.5 Å². The SMILES string of the molecule is CC1=C2[C@H](O)[C@@]3(C(C)C)C=C[C@](C)(O3)[C@H]2CC1. The predicted octanol–water partition coefficient (Wildman–Crippen LogP) is 2.83. The molecule has 1 fully saturated rings. The molecule has 2 aliphatic heterocycles. The Morgan fingerprint density at radius 1 is 1.41 bits per heavy atom. The predicted molar refractivity (Wildman–Crippen MR) is 67.6 cm³/mol. The molecule has 2 nitrogen and oxygen atoms in total. The Hall–Kier alpha value is -0.600. The smallest absolute Gasteiger partial charge is 0.119 e. The van der Waals surface area contributed by atoms with Gasteiger partial charge in [0.05, 0.1) is 5.60 Å². The van der Waals surface area contributed by atoms with Crippen LogP contribution in [0.1, 0.15) is 40.5 Å². The van der Waals surface area contributed by atoms with E-state index in [1.807, 2.05) is 0 Å². The maximum absolute atomic E-state index is 10.7. The molecule has 0 spiro atoms. The largest absolute Gasteiger partial charge is 0.385 e. The van der Waals surface area contributed by atoms with Crippen molar-refractivity contribution in [3.63, 3.8) is 0 Å². The van der Waals surface area contributed by atoms with Gasteiger partial charge in [-0.2, -0.15) is 0 Å². The number of aliphatic hydroxyl groups excluding tert-OH is 1. The summed E-state index contributed by atoms with van der Waals surface area (Å²) in [7, 11) is 0. The first-order valence-electron chi connectivity index (χ1n) is 6.69. The number of aliphatic hydroxyl groups is 1. The first kappa shape index (κ1) is 11.5. The van der Waals surface area contributed by atoms with E-state index < -0.39 is 11.7 Å². The molecule has 0 amide bonds. The molecular formula is C15H22O2.